The smallest absolute Gasteiger partial charge is 0.335 e. The molecule has 2 aromatic heterocycles. The Labute approximate surface area is 121 Å². The number of nitrogens with one attached hydrogen (secondary N) is 1. The van der Waals surface area contributed by atoms with Crippen LogP contribution in [-0.4, -0.2) is 25.6 Å². The number of aliphatic carboxylic acids is 1. The number of hydrogen-bond donors (Lipinski definition) is 2. The summed E-state index contributed by atoms with van der Waals surface area (Å²) in [6, 6.07) is 5.54. The Kier molecular flexibility index (Phi) is 3.10. The highest BCUT2D eigenvalue weighted by Crippen LogP contribution is 2.26. The first-order valence-corrected chi connectivity index (χ1v) is 6.56. The van der Waals surface area contributed by atoms with Crippen LogP contribution in [0.25, 0.3) is 16.5 Å². The number of benzene rings is 1. The number of carboxylic acids is 1. The summed E-state index contributed by atoms with van der Waals surface area (Å²) in [4.78, 5) is 18.4. The van der Waals surface area contributed by atoms with Gasteiger partial charge in [-0.3, -0.25) is 0 Å². The van der Waals surface area contributed by atoms with E-state index in [0.717, 1.165) is 22.2 Å². The van der Waals surface area contributed by atoms with Crippen LogP contribution in [0.4, 0.5) is 0 Å². The SMILES string of the molecule is C=C(C(=O)O)c1ccc2[nH]c(C)c(Cn3ccnc3)c2c1. The van der Waals surface area contributed by atoms with Crippen molar-refractivity contribution in [2.75, 3.05) is 0 Å². The number of carboxylic acid groups (broad SMARTS) is 1. The lowest BCUT2D eigenvalue weighted by atomic mass is 10.0. The van der Waals surface area contributed by atoms with Crippen LogP contribution in [0.5, 0.6) is 0 Å². The number of fused-ring (bicyclic) bond motifs is 1. The molecule has 0 saturated heterocycles. The Balaban J connectivity index is 2.10. The highest BCUT2D eigenvalue weighted by molar-refractivity contribution is 6.15. The number of imidazole rings is 1. The van der Waals surface area contributed by atoms with E-state index < -0.39 is 5.97 Å². The molecule has 5 nitrogen and oxygen atoms in total. The number of nitrogens with zero attached hydrogens (tertiary/aromatic N) is 2. The second-order valence-electron chi connectivity index (χ2n) is 5.01. The molecule has 0 saturated carbocycles. The first-order chi connectivity index (χ1) is 10.1. The van der Waals surface area contributed by atoms with Crippen molar-refractivity contribution < 1.29 is 9.90 Å². The third-order valence-corrected chi connectivity index (χ3v) is 3.63. The average Bonchev–Trinajstić information content (AvgIpc) is 3.07. The molecule has 1 aromatic carbocycles. The van der Waals surface area contributed by atoms with Crippen LogP contribution in [0.2, 0.25) is 0 Å². The van der Waals surface area contributed by atoms with Crippen molar-refractivity contribution in [1.29, 1.82) is 0 Å². The molecular formula is C16H15N3O2. The van der Waals surface area contributed by atoms with E-state index in [2.05, 4.69) is 16.5 Å². The van der Waals surface area contributed by atoms with Crippen molar-refractivity contribution in [2.24, 2.45) is 0 Å². The second kappa shape index (κ2) is 4.94. The minimum Gasteiger partial charge on any atom is -0.478 e. The Bertz CT molecular complexity index is 829. The average molecular weight is 281 g/mol. The van der Waals surface area contributed by atoms with E-state index in [1.54, 1.807) is 18.6 Å². The summed E-state index contributed by atoms with van der Waals surface area (Å²) in [5, 5.41) is 10.1. The fourth-order valence-electron chi connectivity index (χ4n) is 2.46. The van der Waals surface area contributed by atoms with Crippen LogP contribution >= 0.6 is 0 Å². The molecule has 0 aliphatic rings. The maximum absolute atomic E-state index is 11.1. The minimum absolute atomic E-state index is 0.101. The van der Waals surface area contributed by atoms with Gasteiger partial charge in [-0.25, -0.2) is 9.78 Å². The van der Waals surface area contributed by atoms with Gasteiger partial charge in [0.05, 0.1) is 18.4 Å². The zero-order chi connectivity index (χ0) is 15.0. The number of H-pyrrole nitrogens is 1. The van der Waals surface area contributed by atoms with E-state index >= 15 is 0 Å². The van der Waals surface area contributed by atoms with Crippen LogP contribution in [0.3, 0.4) is 0 Å². The van der Waals surface area contributed by atoms with E-state index in [1.807, 2.05) is 29.8 Å². The lowest BCUT2D eigenvalue weighted by Gasteiger charge is -2.05. The quantitative estimate of drug-likeness (QED) is 0.722. The summed E-state index contributed by atoms with van der Waals surface area (Å²) in [6.45, 7) is 6.32. The molecule has 21 heavy (non-hydrogen) atoms. The number of rotatable bonds is 4. The molecule has 5 heteroatoms. The summed E-state index contributed by atoms with van der Waals surface area (Å²) in [7, 11) is 0. The molecule has 0 atom stereocenters. The van der Waals surface area contributed by atoms with Gasteiger partial charge in [-0.05, 0) is 24.6 Å². The van der Waals surface area contributed by atoms with Gasteiger partial charge in [0.2, 0.25) is 0 Å². The van der Waals surface area contributed by atoms with Gasteiger partial charge in [-0.2, -0.15) is 0 Å². The molecule has 0 fully saturated rings. The fourth-order valence-corrected chi connectivity index (χ4v) is 2.46. The van der Waals surface area contributed by atoms with Crippen molar-refractivity contribution in [3.63, 3.8) is 0 Å². The molecule has 0 radical (unpaired) electrons. The van der Waals surface area contributed by atoms with Crippen molar-refractivity contribution in [1.82, 2.24) is 14.5 Å². The normalized spacial score (nSPS) is 10.9. The lowest BCUT2D eigenvalue weighted by Crippen LogP contribution is -1.99. The van der Waals surface area contributed by atoms with Crippen molar-refractivity contribution >= 4 is 22.4 Å². The second-order valence-corrected chi connectivity index (χ2v) is 5.01. The van der Waals surface area contributed by atoms with Gasteiger partial charge >= 0.3 is 5.97 Å². The summed E-state index contributed by atoms with van der Waals surface area (Å²) in [5.74, 6) is -1.00. The topological polar surface area (TPSA) is 70.9 Å². The van der Waals surface area contributed by atoms with Gasteiger partial charge in [0, 0.05) is 34.6 Å². The maximum atomic E-state index is 11.1. The third kappa shape index (κ3) is 2.33. The first kappa shape index (κ1) is 13.2. The van der Waals surface area contributed by atoms with Crippen molar-refractivity contribution in [3.8, 4) is 0 Å². The summed E-state index contributed by atoms with van der Waals surface area (Å²) >= 11 is 0. The molecule has 106 valence electrons. The van der Waals surface area contributed by atoms with Gasteiger partial charge in [-0.1, -0.05) is 12.6 Å². The molecular weight excluding hydrogens is 266 g/mol. The molecule has 0 bridgehead atoms. The Morgan fingerprint density at radius 3 is 2.95 bits per heavy atom. The number of aromatic amines is 1. The van der Waals surface area contributed by atoms with E-state index in [4.69, 9.17) is 5.11 Å². The van der Waals surface area contributed by atoms with Gasteiger partial charge in [0.1, 0.15) is 0 Å². The largest absolute Gasteiger partial charge is 0.478 e. The van der Waals surface area contributed by atoms with Crippen LogP contribution in [0, 0.1) is 6.92 Å². The Morgan fingerprint density at radius 1 is 1.48 bits per heavy atom. The molecule has 3 rings (SSSR count). The van der Waals surface area contributed by atoms with Crippen LogP contribution in [-0.2, 0) is 11.3 Å². The predicted octanol–water partition coefficient (Wildman–Crippen LogP) is 2.82. The van der Waals surface area contributed by atoms with Crippen LogP contribution in [0.1, 0.15) is 16.8 Å². The lowest BCUT2D eigenvalue weighted by molar-refractivity contribution is -0.130. The molecule has 2 heterocycles. The number of aryl methyl sites for hydroxylation is 1. The van der Waals surface area contributed by atoms with Crippen molar-refractivity contribution in [2.45, 2.75) is 13.5 Å². The first-order valence-electron chi connectivity index (χ1n) is 6.56. The van der Waals surface area contributed by atoms with Gasteiger partial charge in [0.25, 0.3) is 0 Å². The molecule has 3 aromatic rings. The maximum Gasteiger partial charge on any atom is 0.335 e. The molecule has 0 unspecified atom stereocenters. The summed E-state index contributed by atoms with van der Waals surface area (Å²) < 4.78 is 1.98. The molecule has 0 aliphatic heterocycles. The van der Waals surface area contributed by atoms with Crippen LogP contribution < -0.4 is 0 Å². The zero-order valence-electron chi connectivity index (χ0n) is 11.6. The van der Waals surface area contributed by atoms with E-state index in [0.29, 0.717) is 12.1 Å². The van der Waals surface area contributed by atoms with Crippen LogP contribution in [0.15, 0.2) is 43.5 Å². The van der Waals surface area contributed by atoms with Gasteiger partial charge in [-0.15, -0.1) is 0 Å². The molecule has 0 amide bonds. The van der Waals surface area contributed by atoms with Gasteiger partial charge < -0.3 is 14.7 Å². The predicted molar refractivity (Wildman–Crippen MR) is 81.0 cm³/mol. The monoisotopic (exact) mass is 281 g/mol. The molecule has 2 N–H and O–H groups in total. The van der Waals surface area contributed by atoms with E-state index in [9.17, 15) is 4.79 Å². The Morgan fingerprint density at radius 2 is 2.29 bits per heavy atom. The third-order valence-electron chi connectivity index (χ3n) is 3.63. The van der Waals surface area contributed by atoms with Crippen molar-refractivity contribution in [3.05, 3.63) is 60.3 Å². The Hall–Kier alpha value is -2.82. The van der Waals surface area contributed by atoms with E-state index in [1.165, 1.54) is 0 Å². The number of carbonyl (C=O) groups is 1. The number of hydrogen-bond acceptors (Lipinski definition) is 2. The summed E-state index contributed by atoms with van der Waals surface area (Å²) in [5.41, 5.74) is 3.91. The standard InChI is InChI=1S/C16H15N3O2/c1-10(16(20)21)12-3-4-15-13(7-12)14(11(2)18-15)8-19-6-5-17-9-19/h3-7,9,18H,1,8H2,2H3,(H,20,21). The zero-order valence-corrected chi connectivity index (χ0v) is 11.6. The van der Waals surface area contributed by atoms with Gasteiger partial charge in [0.15, 0.2) is 0 Å². The minimum atomic E-state index is -1.00. The molecule has 0 aliphatic carbocycles. The fraction of sp³-hybridized carbons (Fsp3) is 0.125. The van der Waals surface area contributed by atoms with E-state index in [-0.39, 0.29) is 5.57 Å². The summed E-state index contributed by atoms with van der Waals surface area (Å²) in [6.07, 6.45) is 5.40. The number of aromatic nitrogens is 3. The molecule has 0 spiro atoms. The highest BCUT2D eigenvalue weighted by atomic mass is 16.4. The highest BCUT2D eigenvalue weighted by Gasteiger charge is 2.13.